The molecule has 0 aliphatic heterocycles. The third-order valence-electron chi connectivity index (χ3n) is 4.52. The minimum absolute atomic E-state index is 0.106. The highest BCUT2D eigenvalue weighted by atomic mass is 16.5. The first-order valence-corrected chi connectivity index (χ1v) is 10.9. The summed E-state index contributed by atoms with van der Waals surface area (Å²) >= 11 is 0. The van der Waals surface area contributed by atoms with E-state index in [0.717, 1.165) is 11.1 Å². The van der Waals surface area contributed by atoms with E-state index in [-0.39, 0.29) is 13.1 Å². The number of rotatable bonds is 13. The Bertz CT molecular complexity index is 989. The molecule has 2 aromatic rings. The Labute approximate surface area is 208 Å². The van der Waals surface area contributed by atoms with Crippen molar-refractivity contribution in [2.75, 3.05) is 40.5 Å². The molecule has 0 bridgehead atoms. The van der Waals surface area contributed by atoms with Crippen LogP contribution in [0.5, 0.6) is 11.5 Å². The van der Waals surface area contributed by atoms with Crippen molar-refractivity contribution in [1.82, 2.24) is 10.6 Å². The van der Waals surface area contributed by atoms with E-state index >= 15 is 0 Å². The van der Waals surface area contributed by atoms with Gasteiger partial charge in [0.2, 0.25) is 0 Å². The van der Waals surface area contributed by atoms with Gasteiger partial charge in [-0.3, -0.25) is 9.59 Å². The first-order valence-electron chi connectivity index (χ1n) is 10.9. The number of hydrogen-bond acceptors (Lipinski definition) is 8. The molecular weight excluding hydrogens is 468 g/mol. The van der Waals surface area contributed by atoms with E-state index in [0.29, 0.717) is 11.5 Å². The van der Waals surface area contributed by atoms with Gasteiger partial charge in [0.05, 0.1) is 14.2 Å². The van der Waals surface area contributed by atoms with E-state index in [2.05, 4.69) is 10.6 Å². The predicted molar refractivity (Wildman–Crippen MR) is 132 cm³/mol. The Balaban J connectivity index is 1.55. The Morgan fingerprint density at radius 1 is 0.639 bits per heavy atom. The standard InChI is InChI=1S/C26H28N2O8/c1-33-21-9-3-19(4-10-21)7-13-25(31)35-17-23(29)27-15-16-28-24(30)18-36-26(32)14-8-20-5-11-22(34-2)12-6-20/h3-14H,15-18H2,1-2H3,(H,27,29)(H,28,30)/b13-7+,14-8+. The van der Waals surface area contributed by atoms with Crippen molar-refractivity contribution in [3.05, 3.63) is 71.8 Å². The maximum atomic E-state index is 11.8. The summed E-state index contributed by atoms with van der Waals surface area (Å²) in [5.41, 5.74) is 1.54. The summed E-state index contributed by atoms with van der Waals surface area (Å²) in [4.78, 5) is 47.0. The SMILES string of the molecule is COc1ccc(/C=C/C(=O)OCC(=O)NCCNC(=O)COC(=O)/C=C/c2ccc(OC)cc2)cc1. The molecule has 0 atom stereocenters. The zero-order valence-electron chi connectivity index (χ0n) is 20.0. The van der Waals surface area contributed by atoms with Gasteiger partial charge in [-0.2, -0.15) is 0 Å². The molecule has 2 N–H and O–H groups in total. The average Bonchev–Trinajstić information content (AvgIpc) is 2.91. The summed E-state index contributed by atoms with van der Waals surface area (Å²) in [6.07, 6.45) is 5.53. The maximum absolute atomic E-state index is 11.8. The van der Waals surface area contributed by atoms with E-state index in [4.69, 9.17) is 18.9 Å². The first-order chi connectivity index (χ1) is 17.4. The second-order valence-electron chi connectivity index (χ2n) is 7.13. The average molecular weight is 497 g/mol. The number of carbonyl (C=O) groups is 4. The molecule has 2 aromatic carbocycles. The maximum Gasteiger partial charge on any atom is 0.331 e. The third-order valence-corrected chi connectivity index (χ3v) is 4.52. The largest absolute Gasteiger partial charge is 0.497 e. The highest BCUT2D eigenvalue weighted by Gasteiger charge is 2.07. The molecule has 36 heavy (non-hydrogen) atoms. The van der Waals surface area contributed by atoms with Gasteiger partial charge in [-0.25, -0.2) is 9.59 Å². The van der Waals surface area contributed by atoms with Gasteiger partial charge in [-0.15, -0.1) is 0 Å². The fourth-order valence-electron chi connectivity index (χ4n) is 2.63. The molecule has 0 aliphatic rings. The topological polar surface area (TPSA) is 129 Å². The van der Waals surface area contributed by atoms with Crippen molar-refractivity contribution in [3.8, 4) is 11.5 Å². The molecule has 0 unspecified atom stereocenters. The smallest absolute Gasteiger partial charge is 0.331 e. The minimum Gasteiger partial charge on any atom is -0.497 e. The van der Waals surface area contributed by atoms with Crippen molar-refractivity contribution in [2.45, 2.75) is 0 Å². The number of carbonyl (C=O) groups excluding carboxylic acids is 4. The molecule has 10 heteroatoms. The van der Waals surface area contributed by atoms with Crippen molar-refractivity contribution < 1.29 is 38.1 Å². The summed E-state index contributed by atoms with van der Waals surface area (Å²) in [5.74, 6) is -0.992. The van der Waals surface area contributed by atoms with Gasteiger partial charge in [-0.1, -0.05) is 24.3 Å². The monoisotopic (exact) mass is 496 g/mol. The predicted octanol–water partition coefficient (Wildman–Crippen LogP) is 1.75. The molecular formula is C26H28N2O8. The first kappa shape index (κ1) is 27.6. The van der Waals surface area contributed by atoms with E-state index in [1.165, 1.54) is 12.2 Å². The molecule has 2 amide bonds. The van der Waals surface area contributed by atoms with Crippen LogP contribution in [0, 0.1) is 0 Å². The Kier molecular flexibility index (Phi) is 11.8. The fourth-order valence-corrected chi connectivity index (χ4v) is 2.63. The van der Waals surface area contributed by atoms with Gasteiger partial charge in [0.25, 0.3) is 11.8 Å². The molecule has 0 heterocycles. The summed E-state index contributed by atoms with van der Waals surface area (Å²) < 4.78 is 19.8. The van der Waals surface area contributed by atoms with Gasteiger partial charge in [0, 0.05) is 25.2 Å². The third kappa shape index (κ3) is 11.0. The van der Waals surface area contributed by atoms with Crippen molar-refractivity contribution in [2.24, 2.45) is 0 Å². The normalized spacial score (nSPS) is 10.6. The van der Waals surface area contributed by atoms with Gasteiger partial charge in [0.1, 0.15) is 11.5 Å². The Morgan fingerprint density at radius 2 is 1.00 bits per heavy atom. The van der Waals surface area contributed by atoms with E-state index in [9.17, 15) is 19.2 Å². The molecule has 0 aliphatic carbocycles. The quantitative estimate of drug-likeness (QED) is 0.244. The number of esters is 2. The van der Waals surface area contributed by atoms with Gasteiger partial charge >= 0.3 is 11.9 Å². The molecule has 10 nitrogen and oxygen atoms in total. The summed E-state index contributed by atoms with van der Waals surface area (Å²) in [6, 6.07) is 14.1. The molecule has 0 saturated carbocycles. The van der Waals surface area contributed by atoms with Crippen LogP contribution in [0.25, 0.3) is 12.2 Å². The van der Waals surface area contributed by atoms with Crippen LogP contribution in [-0.2, 0) is 28.7 Å². The molecule has 0 spiro atoms. The lowest BCUT2D eigenvalue weighted by atomic mass is 10.2. The summed E-state index contributed by atoms with van der Waals surface area (Å²) in [7, 11) is 3.12. The lowest BCUT2D eigenvalue weighted by molar-refractivity contribution is -0.144. The zero-order chi connectivity index (χ0) is 26.2. The highest BCUT2D eigenvalue weighted by molar-refractivity contribution is 5.90. The van der Waals surface area contributed by atoms with Crippen LogP contribution in [0.15, 0.2) is 60.7 Å². The molecule has 0 fully saturated rings. The van der Waals surface area contributed by atoms with Crippen molar-refractivity contribution in [3.63, 3.8) is 0 Å². The van der Waals surface area contributed by atoms with E-state index in [1.54, 1.807) is 74.9 Å². The number of benzene rings is 2. The van der Waals surface area contributed by atoms with Crippen LogP contribution in [0.1, 0.15) is 11.1 Å². The van der Waals surface area contributed by atoms with E-state index < -0.39 is 37.0 Å². The Hall–Kier alpha value is -4.60. The highest BCUT2D eigenvalue weighted by Crippen LogP contribution is 2.13. The lowest BCUT2D eigenvalue weighted by Crippen LogP contribution is -2.38. The zero-order valence-corrected chi connectivity index (χ0v) is 20.0. The van der Waals surface area contributed by atoms with Crippen LogP contribution in [0.2, 0.25) is 0 Å². The minimum atomic E-state index is -0.669. The van der Waals surface area contributed by atoms with Crippen LogP contribution in [0.3, 0.4) is 0 Å². The second-order valence-corrected chi connectivity index (χ2v) is 7.13. The molecule has 0 aromatic heterocycles. The molecule has 2 rings (SSSR count). The van der Waals surface area contributed by atoms with E-state index in [1.807, 2.05) is 0 Å². The van der Waals surface area contributed by atoms with Gasteiger partial charge < -0.3 is 29.6 Å². The molecule has 0 radical (unpaired) electrons. The Morgan fingerprint density at radius 3 is 1.33 bits per heavy atom. The lowest BCUT2D eigenvalue weighted by Gasteiger charge is -2.07. The van der Waals surface area contributed by atoms with Gasteiger partial charge in [-0.05, 0) is 47.5 Å². The summed E-state index contributed by atoms with van der Waals surface area (Å²) in [5, 5.41) is 4.99. The summed E-state index contributed by atoms with van der Waals surface area (Å²) in [6.45, 7) is -0.708. The van der Waals surface area contributed by atoms with Crippen LogP contribution in [0.4, 0.5) is 0 Å². The van der Waals surface area contributed by atoms with Crippen molar-refractivity contribution >= 4 is 35.9 Å². The molecule has 190 valence electrons. The number of ether oxygens (including phenoxy) is 4. The second kappa shape index (κ2) is 15.3. The number of hydrogen-bond donors (Lipinski definition) is 2. The van der Waals surface area contributed by atoms with Crippen LogP contribution in [-0.4, -0.2) is 64.3 Å². The number of amides is 2. The molecule has 0 saturated heterocycles. The fraction of sp³-hybridized carbons (Fsp3) is 0.231. The van der Waals surface area contributed by atoms with Crippen molar-refractivity contribution in [1.29, 1.82) is 0 Å². The van der Waals surface area contributed by atoms with Crippen LogP contribution >= 0.6 is 0 Å². The number of nitrogens with one attached hydrogen (secondary N) is 2. The van der Waals surface area contributed by atoms with Crippen LogP contribution < -0.4 is 20.1 Å². The number of methoxy groups -OCH3 is 2. The van der Waals surface area contributed by atoms with Gasteiger partial charge in [0.15, 0.2) is 13.2 Å².